The van der Waals surface area contributed by atoms with Crippen LogP contribution in [0.1, 0.15) is 5.56 Å². The summed E-state index contributed by atoms with van der Waals surface area (Å²) in [4.78, 5) is 8.24. The Hall–Kier alpha value is -1.63. The Morgan fingerprint density at radius 3 is 2.94 bits per heavy atom. The number of anilines is 2. The first-order chi connectivity index (χ1) is 8.13. The maximum Gasteiger partial charge on any atom is 0.225 e. The monoisotopic (exact) mass is 296 g/mol. The van der Waals surface area contributed by atoms with Crippen LogP contribution in [0, 0.1) is 0 Å². The van der Waals surface area contributed by atoms with Gasteiger partial charge in [0.05, 0.1) is 6.20 Å². The van der Waals surface area contributed by atoms with Gasteiger partial charge in [-0.3, -0.25) is 4.68 Å². The molecule has 0 amide bonds. The molecule has 7 heteroatoms. The van der Waals surface area contributed by atoms with Crippen molar-refractivity contribution in [1.82, 2.24) is 19.7 Å². The predicted molar refractivity (Wildman–Crippen MR) is 69.5 cm³/mol. The van der Waals surface area contributed by atoms with Crippen molar-refractivity contribution in [3.63, 3.8) is 0 Å². The molecule has 90 valence electrons. The van der Waals surface area contributed by atoms with Crippen molar-refractivity contribution in [2.24, 2.45) is 7.05 Å². The number of hydrogen-bond acceptors (Lipinski definition) is 5. The SMILES string of the molecule is Cn1cc(CCNc2nc(N)cc(Br)n2)cn1. The Balaban J connectivity index is 1.89. The highest BCUT2D eigenvalue weighted by Gasteiger charge is 2.01. The van der Waals surface area contributed by atoms with Gasteiger partial charge in [0.25, 0.3) is 0 Å². The first-order valence-electron chi connectivity index (χ1n) is 5.15. The number of nitrogens with two attached hydrogens (primary N) is 1. The number of halogens is 1. The molecule has 0 saturated heterocycles. The second kappa shape index (κ2) is 5.13. The topological polar surface area (TPSA) is 81.7 Å². The lowest BCUT2D eigenvalue weighted by Crippen LogP contribution is -2.08. The van der Waals surface area contributed by atoms with Crippen molar-refractivity contribution in [2.45, 2.75) is 6.42 Å². The van der Waals surface area contributed by atoms with Gasteiger partial charge in [-0.25, -0.2) is 4.98 Å². The van der Waals surface area contributed by atoms with E-state index in [2.05, 4.69) is 36.3 Å². The minimum atomic E-state index is 0.441. The number of nitrogens with zero attached hydrogens (tertiary/aromatic N) is 4. The second-order valence-electron chi connectivity index (χ2n) is 3.64. The van der Waals surface area contributed by atoms with E-state index in [4.69, 9.17) is 5.73 Å². The van der Waals surface area contributed by atoms with Crippen LogP contribution in [0.15, 0.2) is 23.1 Å². The molecular weight excluding hydrogens is 284 g/mol. The third-order valence-corrected chi connectivity index (χ3v) is 2.58. The van der Waals surface area contributed by atoms with Crippen LogP contribution >= 0.6 is 15.9 Å². The molecule has 0 saturated carbocycles. The third kappa shape index (κ3) is 3.42. The smallest absolute Gasteiger partial charge is 0.225 e. The molecular formula is C10H13BrN6. The number of rotatable bonds is 4. The van der Waals surface area contributed by atoms with Crippen LogP contribution in [-0.4, -0.2) is 26.3 Å². The summed E-state index contributed by atoms with van der Waals surface area (Å²) in [6, 6.07) is 1.66. The molecule has 2 aromatic rings. The fourth-order valence-corrected chi connectivity index (χ4v) is 1.84. The van der Waals surface area contributed by atoms with Crippen molar-refractivity contribution in [3.8, 4) is 0 Å². The zero-order valence-corrected chi connectivity index (χ0v) is 11.0. The van der Waals surface area contributed by atoms with E-state index in [0.29, 0.717) is 16.4 Å². The first-order valence-corrected chi connectivity index (χ1v) is 5.94. The van der Waals surface area contributed by atoms with Gasteiger partial charge in [0.15, 0.2) is 0 Å². The molecule has 17 heavy (non-hydrogen) atoms. The molecule has 0 aromatic carbocycles. The van der Waals surface area contributed by atoms with E-state index in [0.717, 1.165) is 13.0 Å². The molecule has 0 aliphatic rings. The Bertz CT molecular complexity index is 489. The highest BCUT2D eigenvalue weighted by atomic mass is 79.9. The molecule has 2 aromatic heterocycles. The molecule has 0 fully saturated rings. The van der Waals surface area contributed by atoms with Gasteiger partial charge < -0.3 is 11.1 Å². The van der Waals surface area contributed by atoms with Gasteiger partial charge in [0.2, 0.25) is 5.95 Å². The Morgan fingerprint density at radius 2 is 2.29 bits per heavy atom. The maximum atomic E-state index is 5.61. The average Bonchev–Trinajstić information content (AvgIpc) is 2.63. The third-order valence-electron chi connectivity index (χ3n) is 2.17. The number of nitrogens with one attached hydrogen (secondary N) is 1. The van der Waals surface area contributed by atoms with Crippen LogP contribution in [0.4, 0.5) is 11.8 Å². The van der Waals surface area contributed by atoms with E-state index < -0.39 is 0 Å². The number of nitrogen functional groups attached to an aromatic ring is 1. The highest BCUT2D eigenvalue weighted by molar-refractivity contribution is 9.10. The highest BCUT2D eigenvalue weighted by Crippen LogP contribution is 2.12. The standard InChI is InChI=1S/C10H13BrN6/c1-17-6-7(5-14-17)2-3-13-10-15-8(11)4-9(12)16-10/h4-6H,2-3H2,1H3,(H3,12,13,15,16). The molecule has 0 aliphatic carbocycles. The van der Waals surface area contributed by atoms with Crippen molar-refractivity contribution in [3.05, 3.63) is 28.6 Å². The first kappa shape index (κ1) is 11.8. The van der Waals surface area contributed by atoms with Crippen LogP contribution in [0.5, 0.6) is 0 Å². The Labute approximate surface area is 107 Å². The lowest BCUT2D eigenvalue weighted by Gasteiger charge is -2.04. The average molecular weight is 297 g/mol. The quantitative estimate of drug-likeness (QED) is 0.829. The summed E-state index contributed by atoms with van der Waals surface area (Å²) in [5.41, 5.74) is 6.78. The largest absolute Gasteiger partial charge is 0.383 e. The molecule has 2 heterocycles. The van der Waals surface area contributed by atoms with Crippen LogP contribution in [0.3, 0.4) is 0 Å². The molecule has 6 nitrogen and oxygen atoms in total. The molecule has 0 spiro atoms. The number of aryl methyl sites for hydroxylation is 1. The van der Waals surface area contributed by atoms with Gasteiger partial charge in [-0.2, -0.15) is 10.1 Å². The van der Waals surface area contributed by atoms with Crippen LogP contribution in [0.2, 0.25) is 0 Å². The number of aromatic nitrogens is 4. The zero-order chi connectivity index (χ0) is 12.3. The van der Waals surface area contributed by atoms with Crippen LogP contribution < -0.4 is 11.1 Å². The van der Waals surface area contributed by atoms with Crippen molar-refractivity contribution in [1.29, 1.82) is 0 Å². The van der Waals surface area contributed by atoms with Gasteiger partial charge >= 0.3 is 0 Å². The van der Waals surface area contributed by atoms with Gasteiger partial charge in [-0.1, -0.05) is 0 Å². The Kier molecular flexibility index (Phi) is 3.58. The van der Waals surface area contributed by atoms with E-state index >= 15 is 0 Å². The zero-order valence-electron chi connectivity index (χ0n) is 9.39. The summed E-state index contributed by atoms with van der Waals surface area (Å²) in [7, 11) is 1.90. The van der Waals surface area contributed by atoms with Gasteiger partial charge in [0.1, 0.15) is 10.4 Å². The molecule has 2 rings (SSSR count). The summed E-state index contributed by atoms with van der Waals surface area (Å²) in [6.07, 6.45) is 4.69. The molecule has 0 radical (unpaired) electrons. The normalized spacial score (nSPS) is 10.5. The molecule has 0 unspecified atom stereocenters. The summed E-state index contributed by atoms with van der Waals surface area (Å²) in [6.45, 7) is 0.738. The van der Waals surface area contributed by atoms with Gasteiger partial charge in [-0.05, 0) is 27.9 Å². The van der Waals surface area contributed by atoms with Crippen molar-refractivity contribution < 1.29 is 0 Å². The van der Waals surface area contributed by atoms with Crippen LogP contribution in [0.25, 0.3) is 0 Å². The molecule has 3 N–H and O–H groups in total. The summed E-state index contributed by atoms with van der Waals surface area (Å²) in [5.74, 6) is 0.969. The molecule has 0 aliphatic heterocycles. The summed E-state index contributed by atoms with van der Waals surface area (Å²) in [5, 5.41) is 7.22. The minimum absolute atomic E-state index is 0.441. The van der Waals surface area contributed by atoms with Crippen molar-refractivity contribution in [2.75, 3.05) is 17.6 Å². The van der Waals surface area contributed by atoms with E-state index in [1.807, 2.05) is 19.4 Å². The van der Waals surface area contributed by atoms with E-state index in [1.165, 1.54) is 5.56 Å². The Morgan fingerprint density at radius 1 is 1.47 bits per heavy atom. The second-order valence-corrected chi connectivity index (χ2v) is 4.45. The lowest BCUT2D eigenvalue weighted by atomic mass is 10.2. The number of hydrogen-bond donors (Lipinski definition) is 2. The fraction of sp³-hybridized carbons (Fsp3) is 0.300. The van der Waals surface area contributed by atoms with E-state index in [-0.39, 0.29) is 0 Å². The minimum Gasteiger partial charge on any atom is -0.383 e. The van der Waals surface area contributed by atoms with Crippen LogP contribution in [-0.2, 0) is 13.5 Å². The maximum absolute atomic E-state index is 5.61. The van der Waals surface area contributed by atoms with E-state index in [1.54, 1.807) is 10.7 Å². The lowest BCUT2D eigenvalue weighted by molar-refractivity contribution is 0.766. The van der Waals surface area contributed by atoms with Gasteiger partial charge in [-0.15, -0.1) is 0 Å². The van der Waals surface area contributed by atoms with Gasteiger partial charge in [0, 0.05) is 25.9 Å². The summed E-state index contributed by atoms with van der Waals surface area (Å²) >= 11 is 3.27. The van der Waals surface area contributed by atoms with Crippen molar-refractivity contribution >= 4 is 27.7 Å². The summed E-state index contributed by atoms with van der Waals surface area (Å²) < 4.78 is 2.46. The molecule has 0 atom stereocenters. The fourth-order valence-electron chi connectivity index (χ4n) is 1.43. The molecule has 0 bridgehead atoms. The predicted octanol–water partition coefficient (Wildman–Crippen LogP) is 1.21. The van der Waals surface area contributed by atoms with E-state index in [9.17, 15) is 0 Å².